The maximum Gasteiger partial charge on any atom is 0.151 e. The van der Waals surface area contributed by atoms with Crippen molar-refractivity contribution in [2.75, 3.05) is 12.3 Å². The van der Waals surface area contributed by atoms with Crippen molar-refractivity contribution in [3.8, 4) is 17.0 Å². The molecular formula is C14H15N3O2. The van der Waals surface area contributed by atoms with Gasteiger partial charge in [-0.15, -0.1) is 10.2 Å². The Kier molecular flexibility index (Phi) is 3.05. The van der Waals surface area contributed by atoms with Gasteiger partial charge in [0.2, 0.25) is 0 Å². The lowest BCUT2D eigenvalue weighted by Gasteiger charge is -2.13. The number of anilines is 1. The summed E-state index contributed by atoms with van der Waals surface area (Å²) in [4.78, 5) is 0. The molecule has 1 saturated heterocycles. The van der Waals surface area contributed by atoms with E-state index in [0.29, 0.717) is 17.1 Å². The number of hydrogen-bond donors (Lipinski definition) is 2. The van der Waals surface area contributed by atoms with Crippen molar-refractivity contribution in [1.29, 1.82) is 0 Å². The van der Waals surface area contributed by atoms with Gasteiger partial charge in [0.25, 0.3) is 0 Å². The number of nitrogen functional groups attached to an aromatic ring is 1. The number of benzene rings is 1. The van der Waals surface area contributed by atoms with Gasteiger partial charge >= 0.3 is 0 Å². The van der Waals surface area contributed by atoms with Crippen LogP contribution < -0.4 is 5.73 Å². The molecule has 1 atom stereocenters. The van der Waals surface area contributed by atoms with Gasteiger partial charge in [-0.3, -0.25) is 0 Å². The van der Waals surface area contributed by atoms with Gasteiger partial charge in [0.15, 0.2) is 5.82 Å². The Morgan fingerprint density at radius 2 is 2.11 bits per heavy atom. The van der Waals surface area contributed by atoms with Crippen molar-refractivity contribution < 1.29 is 9.84 Å². The van der Waals surface area contributed by atoms with Gasteiger partial charge in [0.05, 0.1) is 11.8 Å². The van der Waals surface area contributed by atoms with E-state index in [9.17, 15) is 5.11 Å². The average molecular weight is 257 g/mol. The van der Waals surface area contributed by atoms with Crippen LogP contribution in [-0.4, -0.2) is 21.9 Å². The van der Waals surface area contributed by atoms with E-state index in [4.69, 9.17) is 10.5 Å². The molecule has 1 aromatic heterocycles. The lowest BCUT2D eigenvalue weighted by Crippen LogP contribution is -2.05. The Bertz CT molecular complexity index is 595. The van der Waals surface area contributed by atoms with E-state index in [-0.39, 0.29) is 11.9 Å². The molecular weight excluding hydrogens is 242 g/mol. The van der Waals surface area contributed by atoms with E-state index in [1.807, 2.05) is 12.1 Å². The molecule has 0 radical (unpaired) electrons. The number of nitrogens with two attached hydrogens (primary N) is 1. The Balaban J connectivity index is 2.04. The number of aromatic hydroxyl groups is 1. The molecule has 1 aliphatic rings. The van der Waals surface area contributed by atoms with Crippen molar-refractivity contribution in [3.05, 3.63) is 35.9 Å². The zero-order chi connectivity index (χ0) is 13.2. The van der Waals surface area contributed by atoms with Crippen LogP contribution in [0.3, 0.4) is 0 Å². The van der Waals surface area contributed by atoms with Gasteiger partial charge in [-0.2, -0.15) is 0 Å². The highest BCUT2D eigenvalue weighted by Gasteiger charge is 2.22. The summed E-state index contributed by atoms with van der Waals surface area (Å²) in [5.74, 6) is 0.575. The monoisotopic (exact) mass is 257 g/mol. The molecule has 0 amide bonds. The van der Waals surface area contributed by atoms with Crippen LogP contribution in [0.25, 0.3) is 11.3 Å². The van der Waals surface area contributed by atoms with E-state index in [1.165, 1.54) is 0 Å². The first kappa shape index (κ1) is 11.9. The van der Waals surface area contributed by atoms with E-state index in [0.717, 1.165) is 25.0 Å². The second-order valence-electron chi connectivity index (χ2n) is 4.59. The minimum atomic E-state index is -0.0138. The molecule has 3 N–H and O–H groups in total. The molecule has 1 aromatic carbocycles. The average Bonchev–Trinajstić information content (AvgIpc) is 2.94. The number of para-hydroxylation sites is 1. The van der Waals surface area contributed by atoms with E-state index in [2.05, 4.69) is 10.2 Å². The molecule has 1 fully saturated rings. The standard InChI is InChI=1S/C14H15N3O2/c15-14-10(13-6-3-7-19-13)8-11(16-17-14)9-4-1-2-5-12(9)18/h1-2,4-5,8,13,18H,3,6-7H2,(H2,15,17). The molecule has 5 heteroatoms. The van der Waals surface area contributed by atoms with Crippen LogP contribution in [0.15, 0.2) is 30.3 Å². The molecule has 98 valence electrons. The molecule has 19 heavy (non-hydrogen) atoms. The molecule has 3 rings (SSSR count). The summed E-state index contributed by atoms with van der Waals surface area (Å²) in [6.45, 7) is 0.748. The van der Waals surface area contributed by atoms with Crippen LogP contribution in [0.4, 0.5) is 5.82 Å². The Labute approximate surface area is 111 Å². The van der Waals surface area contributed by atoms with E-state index < -0.39 is 0 Å². The van der Waals surface area contributed by atoms with Gasteiger partial charge in [-0.25, -0.2) is 0 Å². The Morgan fingerprint density at radius 3 is 2.84 bits per heavy atom. The highest BCUT2D eigenvalue weighted by atomic mass is 16.5. The fraction of sp³-hybridized carbons (Fsp3) is 0.286. The van der Waals surface area contributed by atoms with Crippen LogP contribution in [0.1, 0.15) is 24.5 Å². The normalized spacial score (nSPS) is 18.6. The maximum absolute atomic E-state index is 9.86. The van der Waals surface area contributed by atoms with Crippen LogP contribution in [0.5, 0.6) is 5.75 Å². The number of hydrogen-bond acceptors (Lipinski definition) is 5. The highest BCUT2D eigenvalue weighted by Crippen LogP contribution is 2.34. The van der Waals surface area contributed by atoms with Crippen molar-refractivity contribution >= 4 is 5.82 Å². The smallest absolute Gasteiger partial charge is 0.151 e. The quantitative estimate of drug-likeness (QED) is 0.862. The lowest BCUT2D eigenvalue weighted by atomic mass is 10.0. The third kappa shape index (κ3) is 2.24. The molecule has 0 bridgehead atoms. The van der Waals surface area contributed by atoms with Gasteiger partial charge in [0, 0.05) is 17.7 Å². The zero-order valence-electron chi connectivity index (χ0n) is 10.4. The third-order valence-electron chi connectivity index (χ3n) is 3.31. The van der Waals surface area contributed by atoms with E-state index in [1.54, 1.807) is 18.2 Å². The minimum absolute atomic E-state index is 0.0138. The van der Waals surface area contributed by atoms with Crippen molar-refractivity contribution in [2.45, 2.75) is 18.9 Å². The first-order valence-corrected chi connectivity index (χ1v) is 6.29. The van der Waals surface area contributed by atoms with Gasteiger partial charge < -0.3 is 15.6 Å². The Morgan fingerprint density at radius 1 is 1.26 bits per heavy atom. The lowest BCUT2D eigenvalue weighted by molar-refractivity contribution is 0.112. The first-order valence-electron chi connectivity index (χ1n) is 6.29. The number of ether oxygens (including phenoxy) is 1. The summed E-state index contributed by atoms with van der Waals surface area (Å²) < 4.78 is 5.63. The number of phenolic OH excluding ortho intramolecular Hbond substituents is 1. The maximum atomic E-state index is 9.86. The van der Waals surface area contributed by atoms with Gasteiger partial charge in [-0.05, 0) is 31.0 Å². The van der Waals surface area contributed by atoms with E-state index >= 15 is 0 Å². The van der Waals surface area contributed by atoms with Gasteiger partial charge in [-0.1, -0.05) is 12.1 Å². The number of rotatable bonds is 2. The van der Waals surface area contributed by atoms with Crippen molar-refractivity contribution in [3.63, 3.8) is 0 Å². The zero-order valence-corrected chi connectivity index (χ0v) is 10.4. The third-order valence-corrected chi connectivity index (χ3v) is 3.31. The van der Waals surface area contributed by atoms with Crippen molar-refractivity contribution in [1.82, 2.24) is 10.2 Å². The van der Waals surface area contributed by atoms with Crippen LogP contribution in [-0.2, 0) is 4.74 Å². The minimum Gasteiger partial charge on any atom is -0.507 e. The van der Waals surface area contributed by atoms with Crippen molar-refractivity contribution in [2.24, 2.45) is 0 Å². The molecule has 0 spiro atoms. The van der Waals surface area contributed by atoms with Gasteiger partial charge in [0.1, 0.15) is 5.75 Å². The molecule has 5 nitrogen and oxygen atoms in total. The second kappa shape index (κ2) is 4.85. The number of phenols is 1. The van der Waals surface area contributed by atoms with Crippen LogP contribution in [0.2, 0.25) is 0 Å². The first-order chi connectivity index (χ1) is 9.25. The topological polar surface area (TPSA) is 81.3 Å². The molecule has 2 heterocycles. The summed E-state index contributed by atoms with van der Waals surface area (Å²) >= 11 is 0. The summed E-state index contributed by atoms with van der Waals surface area (Å²) in [6, 6.07) is 8.89. The molecule has 1 unspecified atom stereocenters. The summed E-state index contributed by atoms with van der Waals surface area (Å²) in [5.41, 5.74) is 7.98. The molecule has 2 aromatic rings. The Hall–Kier alpha value is -2.14. The van der Waals surface area contributed by atoms with Crippen LogP contribution >= 0.6 is 0 Å². The fourth-order valence-corrected chi connectivity index (χ4v) is 2.32. The summed E-state index contributed by atoms with van der Waals surface area (Å²) in [7, 11) is 0. The largest absolute Gasteiger partial charge is 0.507 e. The molecule has 0 saturated carbocycles. The molecule has 0 aliphatic carbocycles. The highest BCUT2D eigenvalue weighted by molar-refractivity contribution is 5.67. The number of aromatic nitrogens is 2. The number of nitrogens with zero attached hydrogens (tertiary/aromatic N) is 2. The predicted molar refractivity (Wildman–Crippen MR) is 71.5 cm³/mol. The fourth-order valence-electron chi connectivity index (χ4n) is 2.32. The summed E-state index contributed by atoms with van der Waals surface area (Å²) in [6.07, 6.45) is 1.95. The van der Waals surface area contributed by atoms with Crippen LogP contribution in [0, 0.1) is 0 Å². The second-order valence-corrected chi connectivity index (χ2v) is 4.59. The summed E-state index contributed by atoms with van der Waals surface area (Å²) in [5, 5.41) is 17.9. The predicted octanol–water partition coefficient (Wildman–Crippen LogP) is 2.28. The molecule has 1 aliphatic heterocycles. The SMILES string of the molecule is Nc1nnc(-c2ccccc2O)cc1C1CCCO1.